The molecule has 2 aromatic carbocycles. The van der Waals surface area contributed by atoms with Crippen LogP contribution in [0.1, 0.15) is 29.7 Å². The molecule has 0 radical (unpaired) electrons. The van der Waals surface area contributed by atoms with E-state index in [0.717, 1.165) is 41.1 Å². The summed E-state index contributed by atoms with van der Waals surface area (Å²) >= 11 is 0. The van der Waals surface area contributed by atoms with Crippen LogP contribution in [0, 0.1) is 18.6 Å². The topological polar surface area (TPSA) is 36.1 Å². The maximum absolute atomic E-state index is 14.0. The molecule has 1 heterocycles. The molecule has 1 aromatic heterocycles. The molecule has 0 unspecified atom stereocenters. The summed E-state index contributed by atoms with van der Waals surface area (Å²) < 4.78 is 27.2. The molecule has 1 N–H and O–H groups in total. The highest BCUT2D eigenvalue weighted by atomic mass is 19.1. The summed E-state index contributed by atoms with van der Waals surface area (Å²) in [6, 6.07) is 11.6. The predicted octanol–water partition coefficient (Wildman–Crippen LogP) is 4.49. The van der Waals surface area contributed by atoms with Crippen LogP contribution in [0.3, 0.4) is 0 Å². The van der Waals surface area contributed by atoms with Crippen molar-refractivity contribution >= 4 is 16.8 Å². The lowest BCUT2D eigenvalue weighted by Crippen LogP contribution is -2.34. The van der Waals surface area contributed by atoms with Crippen molar-refractivity contribution in [3.05, 3.63) is 70.9 Å². The highest BCUT2D eigenvalue weighted by Crippen LogP contribution is 2.31. The molecule has 0 spiro atoms. The van der Waals surface area contributed by atoms with Gasteiger partial charge >= 0.3 is 0 Å². The molecule has 134 valence electrons. The average Bonchev–Trinajstić information content (AvgIpc) is 3.39. The van der Waals surface area contributed by atoms with Crippen LogP contribution >= 0.6 is 0 Å². The average molecular weight is 354 g/mol. The van der Waals surface area contributed by atoms with Crippen LogP contribution in [0.5, 0.6) is 0 Å². The van der Waals surface area contributed by atoms with Gasteiger partial charge in [0.2, 0.25) is 5.91 Å². The van der Waals surface area contributed by atoms with Gasteiger partial charge in [-0.25, -0.2) is 8.78 Å². The third-order valence-corrected chi connectivity index (χ3v) is 5.02. The molecule has 1 amide bonds. The maximum atomic E-state index is 14.0. The van der Waals surface area contributed by atoms with E-state index in [1.807, 2.05) is 31.2 Å². The third kappa shape index (κ3) is 3.21. The number of H-pyrrole nitrogens is 1. The minimum absolute atomic E-state index is 0.0240. The maximum Gasteiger partial charge on any atom is 0.227 e. The lowest BCUT2D eigenvalue weighted by Gasteiger charge is -2.23. The molecular weight excluding hydrogens is 334 g/mol. The van der Waals surface area contributed by atoms with Crippen molar-refractivity contribution in [2.75, 3.05) is 0 Å². The number of aromatic amines is 1. The SMILES string of the molecule is Cc1[nH]c2ccccc2c1CC(=O)N(Cc1ccc(F)cc1F)C1CC1. The number of benzene rings is 2. The van der Waals surface area contributed by atoms with Gasteiger partial charge in [-0.05, 0) is 37.5 Å². The molecule has 0 atom stereocenters. The van der Waals surface area contributed by atoms with Crippen LogP contribution < -0.4 is 0 Å². The van der Waals surface area contributed by atoms with Crippen molar-refractivity contribution in [1.29, 1.82) is 0 Å². The smallest absolute Gasteiger partial charge is 0.227 e. The first-order valence-electron chi connectivity index (χ1n) is 8.82. The highest BCUT2D eigenvalue weighted by molar-refractivity contribution is 5.90. The van der Waals surface area contributed by atoms with Crippen molar-refractivity contribution in [2.45, 2.75) is 38.8 Å². The van der Waals surface area contributed by atoms with Gasteiger partial charge in [0.25, 0.3) is 0 Å². The van der Waals surface area contributed by atoms with Crippen LogP contribution in [0.4, 0.5) is 8.78 Å². The fourth-order valence-corrected chi connectivity index (χ4v) is 3.46. The molecule has 1 saturated carbocycles. The molecule has 26 heavy (non-hydrogen) atoms. The van der Waals surface area contributed by atoms with Crippen LogP contribution in [0.25, 0.3) is 10.9 Å². The van der Waals surface area contributed by atoms with Crippen molar-refractivity contribution in [2.24, 2.45) is 0 Å². The summed E-state index contributed by atoms with van der Waals surface area (Å²) in [5.41, 5.74) is 3.32. The van der Waals surface area contributed by atoms with Gasteiger partial charge in [-0.2, -0.15) is 0 Å². The van der Waals surface area contributed by atoms with Gasteiger partial charge in [-0.1, -0.05) is 24.3 Å². The van der Waals surface area contributed by atoms with E-state index in [9.17, 15) is 13.6 Å². The second kappa shape index (κ2) is 6.56. The van der Waals surface area contributed by atoms with E-state index in [1.165, 1.54) is 12.1 Å². The van der Waals surface area contributed by atoms with Gasteiger partial charge in [0, 0.05) is 40.8 Å². The first kappa shape index (κ1) is 16.8. The van der Waals surface area contributed by atoms with Gasteiger partial charge < -0.3 is 9.88 Å². The van der Waals surface area contributed by atoms with Crippen LogP contribution in [-0.2, 0) is 17.8 Å². The number of aryl methyl sites for hydroxylation is 1. The number of amides is 1. The van der Waals surface area contributed by atoms with Gasteiger partial charge in [0.05, 0.1) is 6.42 Å². The molecular formula is C21H20F2N2O. The summed E-state index contributed by atoms with van der Waals surface area (Å²) in [7, 11) is 0. The second-order valence-electron chi connectivity index (χ2n) is 6.94. The Balaban J connectivity index is 1.59. The third-order valence-electron chi connectivity index (χ3n) is 5.02. The van der Waals surface area contributed by atoms with E-state index in [2.05, 4.69) is 4.98 Å². The van der Waals surface area contributed by atoms with Crippen LogP contribution in [0.2, 0.25) is 0 Å². The fraction of sp³-hybridized carbons (Fsp3) is 0.286. The summed E-state index contributed by atoms with van der Waals surface area (Å²) in [6.07, 6.45) is 2.14. The number of rotatable bonds is 5. The van der Waals surface area contributed by atoms with Crippen molar-refractivity contribution in [3.63, 3.8) is 0 Å². The van der Waals surface area contributed by atoms with E-state index < -0.39 is 11.6 Å². The number of hydrogen-bond donors (Lipinski definition) is 1. The Morgan fingerprint density at radius 2 is 1.96 bits per heavy atom. The molecule has 4 rings (SSSR count). The molecule has 1 aliphatic rings. The molecule has 1 aliphatic carbocycles. The summed E-state index contributed by atoms with van der Waals surface area (Å²) in [5, 5.41) is 1.04. The van der Waals surface area contributed by atoms with Gasteiger partial charge in [0.1, 0.15) is 11.6 Å². The van der Waals surface area contributed by atoms with Crippen molar-refractivity contribution < 1.29 is 13.6 Å². The fourth-order valence-electron chi connectivity index (χ4n) is 3.46. The monoisotopic (exact) mass is 354 g/mol. The molecule has 0 saturated heterocycles. The number of nitrogens with one attached hydrogen (secondary N) is 1. The van der Waals surface area contributed by atoms with E-state index in [1.54, 1.807) is 4.90 Å². The number of fused-ring (bicyclic) bond motifs is 1. The summed E-state index contributed by atoms with van der Waals surface area (Å²) in [5.74, 6) is -1.24. The van der Waals surface area contributed by atoms with Crippen LogP contribution in [0.15, 0.2) is 42.5 Å². The first-order chi connectivity index (χ1) is 12.5. The van der Waals surface area contributed by atoms with E-state index in [-0.39, 0.29) is 24.9 Å². The molecule has 1 fully saturated rings. The molecule has 3 aromatic rings. The Morgan fingerprint density at radius 3 is 2.69 bits per heavy atom. The van der Waals surface area contributed by atoms with E-state index >= 15 is 0 Å². The molecule has 3 nitrogen and oxygen atoms in total. The number of carbonyl (C=O) groups excluding carboxylic acids is 1. The number of carbonyl (C=O) groups is 1. The largest absolute Gasteiger partial charge is 0.358 e. The molecule has 5 heteroatoms. The Hall–Kier alpha value is -2.69. The highest BCUT2D eigenvalue weighted by Gasteiger charge is 2.33. The zero-order valence-electron chi connectivity index (χ0n) is 14.6. The number of para-hydroxylation sites is 1. The number of hydrogen-bond acceptors (Lipinski definition) is 1. The second-order valence-corrected chi connectivity index (χ2v) is 6.94. The Bertz CT molecular complexity index is 975. The number of aromatic nitrogens is 1. The predicted molar refractivity (Wildman–Crippen MR) is 96.7 cm³/mol. The minimum atomic E-state index is -0.607. The summed E-state index contributed by atoms with van der Waals surface area (Å²) in [4.78, 5) is 18.0. The van der Waals surface area contributed by atoms with Crippen molar-refractivity contribution in [3.8, 4) is 0 Å². The standard InChI is InChI=1S/C21H20F2N2O/c1-13-18(17-4-2-3-5-20(17)24-13)11-21(26)25(16-8-9-16)12-14-6-7-15(22)10-19(14)23/h2-7,10,16,24H,8-9,11-12H2,1H3. The zero-order valence-corrected chi connectivity index (χ0v) is 14.6. The number of nitrogens with zero attached hydrogens (tertiary/aromatic N) is 1. The van der Waals surface area contributed by atoms with E-state index in [0.29, 0.717) is 5.56 Å². The van der Waals surface area contributed by atoms with Crippen molar-refractivity contribution in [1.82, 2.24) is 9.88 Å². The van der Waals surface area contributed by atoms with Gasteiger partial charge in [0.15, 0.2) is 0 Å². The summed E-state index contributed by atoms with van der Waals surface area (Å²) in [6.45, 7) is 2.14. The van der Waals surface area contributed by atoms with Crippen LogP contribution in [-0.4, -0.2) is 21.8 Å². The van der Waals surface area contributed by atoms with E-state index in [4.69, 9.17) is 0 Å². The first-order valence-corrected chi connectivity index (χ1v) is 8.82. The Morgan fingerprint density at radius 1 is 1.19 bits per heavy atom. The lowest BCUT2D eigenvalue weighted by atomic mass is 10.1. The quantitative estimate of drug-likeness (QED) is 0.720. The Kier molecular flexibility index (Phi) is 4.23. The van der Waals surface area contributed by atoms with Gasteiger partial charge in [-0.3, -0.25) is 4.79 Å². The number of halogens is 2. The normalized spacial score (nSPS) is 14.0. The van der Waals surface area contributed by atoms with Gasteiger partial charge in [-0.15, -0.1) is 0 Å². The Labute approximate surface area is 150 Å². The molecule has 0 aliphatic heterocycles. The minimum Gasteiger partial charge on any atom is -0.358 e. The zero-order chi connectivity index (χ0) is 18.3. The lowest BCUT2D eigenvalue weighted by molar-refractivity contribution is -0.131. The molecule has 0 bridgehead atoms.